The molecule has 0 aromatic carbocycles. The lowest BCUT2D eigenvalue weighted by atomic mass is 9.89. The number of rotatable bonds is 8. The first-order valence-corrected chi connectivity index (χ1v) is 8.27. The van der Waals surface area contributed by atoms with E-state index in [0.29, 0.717) is 19.4 Å². The molecular weight excluding hydrogens is 268 g/mol. The lowest BCUT2D eigenvalue weighted by Gasteiger charge is -2.25. The summed E-state index contributed by atoms with van der Waals surface area (Å²) < 4.78 is 0. The monoisotopic (exact) mass is 298 g/mol. The average molecular weight is 298 g/mol. The number of aliphatic hydroxyl groups is 1. The zero-order valence-corrected chi connectivity index (χ0v) is 13.4. The maximum atomic E-state index is 11.9. The van der Waals surface area contributed by atoms with Crippen LogP contribution >= 0.6 is 0 Å². The number of nitrogens with one attached hydrogen (secondary N) is 2. The Morgan fingerprint density at radius 1 is 1.10 bits per heavy atom. The third kappa shape index (κ3) is 6.46. The third-order valence-electron chi connectivity index (χ3n) is 4.56. The van der Waals surface area contributed by atoms with Crippen LogP contribution in [0.15, 0.2) is 0 Å². The normalized spacial score (nSPS) is 16.5. The Bertz CT molecular complexity index is 334. The van der Waals surface area contributed by atoms with Crippen molar-refractivity contribution in [3.63, 3.8) is 0 Å². The van der Waals surface area contributed by atoms with Crippen LogP contribution in [0.2, 0.25) is 0 Å². The Hall–Kier alpha value is -1.10. The highest BCUT2D eigenvalue weighted by Crippen LogP contribution is 2.23. The Morgan fingerprint density at radius 2 is 1.71 bits per heavy atom. The molecule has 2 amide bonds. The number of hydrogen-bond donors (Lipinski definition) is 3. The van der Waals surface area contributed by atoms with E-state index in [4.69, 9.17) is 0 Å². The zero-order chi connectivity index (χ0) is 15.7. The van der Waals surface area contributed by atoms with Crippen LogP contribution in [0, 0.1) is 5.92 Å². The molecular formula is C16H30N2O3. The molecule has 0 saturated heterocycles. The van der Waals surface area contributed by atoms with Gasteiger partial charge in [0.25, 0.3) is 0 Å². The minimum absolute atomic E-state index is 0.0844. The summed E-state index contributed by atoms with van der Waals surface area (Å²) in [4.78, 5) is 23.6. The van der Waals surface area contributed by atoms with Gasteiger partial charge in [-0.15, -0.1) is 0 Å². The highest BCUT2D eigenvalue weighted by Gasteiger charge is 2.23. The minimum atomic E-state index is -0.818. The number of carbonyl (C=O) groups excluding carboxylic acids is 2. The summed E-state index contributed by atoms with van der Waals surface area (Å²) in [5.74, 6) is 0.0903. The number of hydrogen-bond acceptors (Lipinski definition) is 3. The molecule has 0 aliphatic heterocycles. The molecule has 5 heteroatoms. The molecule has 3 N–H and O–H groups in total. The fraction of sp³-hybridized carbons (Fsp3) is 0.875. The van der Waals surface area contributed by atoms with Gasteiger partial charge in [-0.2, -0.15) is 0 Å². The van der Waals surface area contributed by atoms with Crippen molar-refractivity contribution in [2.75, 3.05) is 13.1 Å². The van der Waals surface area contributed by atoms with Crippen LogP contribution in [0.4, 0.5) is 0 Å². The van der Waals surface area contributed by atoms with Gasteiger partial charge in [0.05, 0.1) is 5.60 Å². The standard InChI is InChI=1S/C16H30N2O3/c1-3-16(21,4-2)12-18-14(19)10-11-17-15(20)13-8-6-5-7-9-13/h13,21H,3-12H2,1-2H3,(H,17,20)(H,18,19). The summed E-state index contributed by atoms with van der Waals surface area (Å²) in [6.45, 7) is 4.45. The molecule has 1 aliphatic carbocycles. The molecule has 1 fully saturated rings. The van der Waals surface area contributed by atoms with Crippen LogP contribution in [0.25, 0.3) is 0 Å². The van der Waals surface area contributed by atoms with Gasteiger partial charge in [0, 0.05) is 25.4 Å². The molecule has 0 spiro atoms. The van der Waals surface area contributed by atoms with E-state index < -0.39 is 5.60 Å². The summed E-state index contributed by atoms with van der Waals surface area (Å²) in [6.07, 6.45) is 6.92. The Labute approximate surface area is 127 Å². The van der Waals surface area contributed by atoms with Crippen molar-refractivity contribution in [3.05, 3.63) is 0 Å². The van der Waals surface area contributed by atoms with Gasteiger partial charge in [-0.05, 0) is 25.7 Å². The summed E-state index contributed by atoms with van der Waals surface area (Å²) in [7, 11) is 0. The molecule has 1 saturated carbocycles. The van der Waals surface area contributed by atoms with E-state index in [1.165, 1.54) is 6.42 Å². The molecule has 0 aromatic heterocycles. The van der Waals surface area contributed by atoms with Gasteiger partial charge >= 0.3 is 0 Å². The fourth-order valence-corrected chi connectivity index (χ4v) is 2.66. The molecule has 1 aliphatic rings. The maximum Gasteiger partial charge on any atom is 0.223 e. The second-order valence-electron chi connectivity index (χ2n) is 6.08. The van der Waals surface area contributed by atoms with Gasteiger partial charge in [0.15, 0.2) is 0 Å². The Morgan fingerprint density at radius 3 is 2.29 bits per heavy atom. The van der Waals surface area contributed by atoms with Crippen LogP contribution in [-0.2, 0) is 9.59 Å². The van der Waals surface area contributed by atoms with E-state index in [9.17, 15) is 14.7 Å². The predicted octanol–water partition coefficient (Wildman–Crippen LogP) is 1.74. The van der Waals surface area contributed by atoms with Crippen molar-refractivity contribution in [1.82, 2.24) is 10.6 Å². The van der Waals surface area contributed by atoms with Crippen LogP contribution < -0.4 is 10.6 Å². The molecule has 0 unspecified atom stereocenters. The molecule has 0 heterocycles. The largest absolute Gasteiger partial charge is 0.388 e. The average Bonchev–Trinajstić information content (AvgIpc) is 2.53. The first kappa shape index (κ1) is 18.0. The highest BCUT2D eigenvalue weighted by atomic mass is 16.3. The number of carbonyl (C=O) groups is 2. The molecule has 122 valence electrons. The summed E-state index contributed by atoms with van der Waals surface area (Å²) in [5, 5.41) is 15.7. The van der Waals surface area contributed by atoms with E-state index >= 15 is 0 Å². The van der Waals surface area contributed by atoms with E-state index in [0.717, 1.165) is 25.7 Å². The van der Waals surface area contributed by atoms with Gasteiger partial charge < -0.3 is 15.7 Å². The lowest BCUT2D eigenvalue weighted by Crippen LogP contribution is -2.43. The molecule has 21 heavy (non-hydrogen) atoms. The quantitative estimate of drug-likeness (QED) is 0.638. The second kappa shape index (κ2) is 9.03. The van der Waals surface area contributed by atoms with Crippen molar-refractivity contribution in [2.24, 2.45) is 5.92 Å². The predicted molar refractivity (Wildman–Crippen MR) is 82.7 cm³/mol. The maximum absolute atomic E-state index is 11.9. The van der Waals surface area contributed by atoms with Gasteiger partial charge in [0.1, 0.15) is 0 Å². The van der Waals surface area contributed by atoms with E-state index in [-0.39, 0.29) is 30.7 Å². The van der Waals surface area contributed by atoms with E-state index in [1.807, 2.05) is 13.8 Å². The van der Waals surface area contributed by atoms with Crippen LogP contribution in [-0.4, -0.2) is 35.6 Å². The fourth-order valence-electron chi connectivity index (χ4n) is 2.66. The highest BCUT2D eigenvalue weighted by molar-refractivity contribution is 5.80. The zero-order valence-electron chi connectivity index (χ0n) is 13.4. The minimum Gasteiger partial charge on any atom is -0.388 e. The van der Waals surface area contributed by atoms with Gasteiger partial charge in [-0.25, -0.2) is 0 Å². The molecule has 0 radical (unpaired) electrons. The molecule has 5 nitrogen and oxygen atoms in total. The summed E-state index contributed by atoms with van der Waals surface area (Å²) >= 11 is 0. The van der Waals surface area contributed by atoms with Gasteiger partial charge in [-0.3, -0.25) is 9.59 Å². The second-order valence-corrected chi connectivity index (χ2v) is 6.08. The van der Waals surface area contributed by atoms with E-state index in [2.05, 4.69) is 10.6 Å². The third-order valence-corrected chi connectivity index (χ3v) is 4.56. The van der Waals surface area contributed by atoms with E-state index in [1.54, 1.807) is 0 Å². The van der Waals surface area contributed by atoms with Crippen LogP contribution in [0.5, 0.6) is 0 Å². The summed E-state index contributed by atoms with van der Waals surface area (Å²) in [5.41, 5.74) is -0.818. The molecule has 0 aromatic rings. The molecule has 0 bridgehead atoms. The number of amides is 2. The van der Waals surface area contributed by atoms with Crippen molar-refractivity contribution in [1.29, 1.82) is 0 Å². The van der Waals surface area contributed by atoms with Crippen molar-refractivity contribution in [2.45, 2.75) is 70.8 Å². The van der Waals surface area contributed by atoms with Gasteiger partial charge in [-0.1, -0.05) is 33.1 Å². The first-order chi connectivity index (χ1) is 10.0. The first-order valence-electron chi connectivity index (χ1n) is 8.27. The molecule has 1 rings (SSSR count). The molecule has 0 atom stereocenters. The summed E-state index contributed by atoms with van der Waals surface area (Å²) in [6, 6.07) is 0. The Balaban J connectivity index is 2.16. The van der Waals surface area contributed by atoms with Gasteiger partial charge in [0.2, 0.25) is 11.8 Å². The van der Waals surface area contributed by atoms with Crippen molar-refractivity contribution < 1.29 is 14.7 Å². The van der Waals surface area contributed by atoms with Crippen LogP contribution in [0.3, 0.4) is 0 Å². The van der Waals surface area contributed by atoms with Crippen LogP contribution in [0.1, 0.15) is 65.2 Å². The van der Waals surface area contributed by atoms with Crippen molar-refractivity contribution in [3.8, 4) is 0 Å². The SMILES string of the molecule is CCC(O)(CC)CNC(=O)CCNC(=O)C1CCCCC1. The van der Waals surface area contributed by atoms with Crippen molar-refractivity contribution >= 4 is 11.8 Å². The topological polar surface area (TPSA) is 78.4 Å². The smallest absolute Gasteiger partial charge is 0.223 e. The lowest BCUT2D eigenvalue weighted by molar-refractivity contribution is -0.126. The Kier molecular flexibility index (Phi) is 7.72.